The minimum Gasteiger partial charge on any atom is -0.350 e. The average Bonchev–Trinajstić information content (AvgIpc) is 3.34. The Morgan fingerprint density at radius 1 is 1.42 bits per heavy atom. The third-order valence-electron chi connectivity index (χ3n) is 4.40. The highest BCUT2D eigenvalue weighted by Crippen LogP contribution is 2.31. The zero-order valence-electron chi connectivity index (χ0n) is 14.1. The number of hydrogen-bond acceptors (Lipinski definition) is 3. The molecule has 1 aliphatic carbocycles. The molecule has 1 heterocycles. The van der Waals surface area contributed by atoms with Gasteiger partial charge in [0.2, 0.25) is 0 Å². The normalized spacial score (nSPS) is 15.3. The van der Waals surface area contributed by atoms with Crippen molar-refractivity contribution in [2.75, 3.05) is 6.54 Å². The van der Waals surface area contributed by atoms with Crippen LogP contribution in [0.25, 0.3) is 5.69 Å². The van der Waals surface area contributed by atoms with E-state index in [1.165, 1.54) is 23.0 Å². The number of nitrogens with zero attached hydrogens (tertiary/aromatic N) is 2. The maximum absolute atomic E-state index is 12.9. The van der Waals surface area contributed by atoms with Crippen molar-refractivity contribution in [3.63, 3.8) is 0 Å². The third-order valence-corrected chi connectivity index (χ3v) is 4.40. The predicted molar refractivity (Wildman–Crippen MR) is 93.6 cm³/mol. The largest absolute Gasteiger partial charge is 0.416 e. The Bertz CT molecular complexity index is 787. The first kappa shape index (κ1) is 20.3. The van der Waals surface area contributed by atoms with E-state index in [2.05, 4.69) is 10.4 Å². The van der Waals surface area contributed by atoms with Crippen LogP contribution >= 0.6 is 12.4 Å². The lowest BCUT2D eigenvalue weighted by Gasteiger charge is -2.12. The summed E-state index contributed by atoms with van der Waals surface area (Å²) in [5, 5.41) is 6.83. The van der Waals surface area contributed by atoms with Crippen molar-refractivity contribution in [1.29, 1.82) is 0 Å². The van der Waals surface area contributed by atoms with Crippen LogP contribution in [-0.4, -0.2) is 28.3 Å². The third kappa shape index (κ3) is 4.37. The molecule has 1 unspecified atom stereocenters. The van der Waals surface area contributed by atoms with Crippen LogP contribution < -0.4 is 11.1 Å². The van der Waals surface area contributed by atoms with Crippen LogP contribution in [0.15, 0.2) is 30.5 Å². The summed E-state index contributed by atoms with van der Waals surface area (Å²) in [6.07, 6.45) is -0.906. The van der Waals surface area contributed by atoms with E-state index in [9.17, 15) is 18.0 Å². The van der Waals surface area contributed by atoms with Gasteiger partial charge in [-0.1, -0.05) is 6.07 Å². The van der Waals surface area contributed by atoms with Crippen molar-refractivity contribution in [3.8, 4) is 5.69 Å². The first-order chi connectivity index (χ1) is 11.8. The molecule has 3 rings (SSSR count). The van der Waals surface area contributed by atoms with E-state index in [0.29, 0.717) is 23.7 Å². The van der Waals surface area contributed by atoms with Crippen molar-refractivity contribution < 1.29 is 18.0 Å². The number of benzene rings is 1. The Hall–Kier alpha value is -2.06. The van der Waals surface area contributed by atoms with E-state index in [0.717, 1.165) is 25.0 Å². The van der Waals surface area contributed by atoms with Gasteiger partial charge < -0.3 is 11.1 Å². The van der Waals surface area contributed by atoms with Crippen molar-refractivity contribution in [2.45, 2.75) is 32.0 Å². The van der Waals surface area contributed by atoms with Gasteiger partial charge >= 0.3 is 6.18 Å². The molecule has 5 nitrogen and oxygen atoms in total. The van der Waals surface area contributed by atoms with Gasteiger partial charge in [0.15, 0.2) is 0 Å². The van der Waals surface area contributed by atoms with Crippen molar-refractivity contribution in [3.05, 3.63) is 47.3 Å². The van der Waals surface area contributed by atoms with Crippen LogP contribution in [0.2, 0.25) is 0 Å². The van der Waals surface area contributed by atoms with Crippen LogP contribution in [0.1, 0.15) is 34.5 Å². The highest BCUT2D eigenvalue weighted by Gasteiger charge is 2.31. The molecule has 1 aromatic heterocycles. The number of hydrogen-bond donors (Lipinski definition) is 2. The smallest absolute Gasteiger partial charge is 0.350 e. The quantitative estimate of drug-likeness (QED) is 0.826. The van der Waals surface area contributed by atoms with E-state index >= 15 is 0 Å². The number of aromatic nitrogens is 2. The lowest BCUT2D eigenvalue weighted by molar-refractivity contribution is -0.137. The van der Waals surface area contributed by atoms with Gasteiger partial charge in [0.05, 0.1) is 28.7 Å². The molecule has 1 saturated carbocycles. The molecule has 0 saturated heterocycles. The molecule has 2 aromatic rings. The molecule has 26 heavy (non-hydrogen) atoms. The fourth-order valence-corrected chi connectivity index (χ4v) is 2.70. The van der Waals surface area contributed by atoms with Gasteiger partial charge in [-0.3, -0.25) is 4.79 Å². The van der Waals surface area contributed by atoms with E-state index in [1.807, 2.05) is 0 Å². The Labute approximate surface area is 155 Å². The molecule has 1 atom stereocenters. The summed E-state index contributed by atoms with van der Waals surface area (Å²) in [6.45, 7) is 2.01. The van der Waals surface area contributed by atoms with Gasteiger partial charge in [-0.15, -0.1) is 12.4 Å². The maximum Gasteiger partial charge on any atom is 0.416 e. The molecule has 142 valence electrons. The number of amides is 1. The molecule has 1 fully saturated rings. The van der Waals surface area contributed by atoms with Crippen LogP contribution in [0.3, 0.4) is 0 Å². The summed E-state index contributed by atoms with van der Waals surface area (Å²) in [4.78, 5) is 12.3. The Morgan fingerprint density at radius 2 is 2.12 bits per heavy atom. The molecule has 1 aliphatic rings. The summed E-state index contributed by atoms with van der Waals surface area (Å²) in [6, 6.07) is 4.76. The molecular weight excluding hydrogens is 369 g/mol. The second-order valence-corrected chi connectivity index (χ2v) is 6.31. The lowest BCUT2D eigenvalue weighted by atomic mass is 10.1. The number of halogens is 4. The molecule has 0 bridgehead atoms. The molecule has 1 aromatic carbocycles. The van der Waals surface area contributed by atoms with Crippen LogP contribution in [0.4, 0.5) is 13.2 Å². The zero-order chi connectivity index (χ0) is 18.2. The lowest BCUT2D eigenvalue weighted by Crippen LogP contribution is -2.38. The highest BCUT2D eigenvalue weighted by molar-refractivity contribution is 5.95. The van der Waals surface area contributed by atoms with Gasteiger partial charge in [0.1, 0.15) is 0 Å². The molecule has 3 N–H and O–H groups in total. The van der Waals surface area contributed by atoms with Gasteiger partial charge in [-0.05, 0) is 43.9 Å². The van der Waals surface area contributed by atoms with Gasteiger partial charge in [-0.25, -0.2) is 4.68 Å². The summed E-state index contributed by atoms with van der Waals surface area (Å²) in [5.41, 5.74) is 6.23. The fourth-order valence-electron chi connectivity index (χ4n) is 2.70. The van der Waals surface area contributed by atoms with E-state index < -0.39 is 11.7 Å². The number of nitrogens with two attached hydrogens (primary N) is 1. The Balaban J connectivity index is 0.00000243. The Morgan fingerprint density at radius 3 is 2.73 bits per heavy atom. The Kier molecular flexibility index (Phi) is 5.98. The zero-order valence-corrected chi connectivity index (χ0v) is 14.9. The molecule has 0 aliphatic heterocycles. The summed E-state index contributed by atoms with van der Waals surface area (Å²) >= 11 is 0. The van der Waals surface area contributed by atoms with Gasteiger partial charge in [0.25, 0.3) is 5.91 Å². The first-order valence-electron chi connectivity index (χ1n) is 8.03. The van der Waals surface area contributed by atoms with Gasteiger partial charge in [0, 0.05) is 12.6 Å². The molecule has 9 heteroatoms. The topological polar surface area (TPSA) is 72.9 Å². The van der Waals surface area contributed by atoms with Crippen molar-refractivity contribution >= 4 is 18.3 Å². The van der Waals surface area contributed by atoms with Crippen molar-refractivity contribution in [1.82, 2.24) is 15.1 Å². The summed E-state index contributed by atoms with van der Waals surface area (Å²) in [7, 11) is 0. The SMILES string of the molecule is Cc1c(C(=O)NCC(N)C2CC2)cnn1-c1cccc(C(F)(F)F)c1.Cl. The predicted octanol–water partition coefficient (Wildman–Crippen LogP) is 3.09. The minimum absolute atomic E-state index is 0. The van der Waals surface area contributed by atoms with Crippen LogP contribution in [0.5, 0.6) is 0 Å². The number of carbonyl (C=O) groups excluding carboxylic acids is 1. The van der Waals surface area contributed by atoms with Gasteiger partial charge in [-0.2, -0.15) is 18.3 Å². The van der Waals surface area contributed by atoms with E-state index in [4.69, 9.17) is 5.73 Å². The van der Waals surface area contributed by atoms with Crippen LogP contribution in [-0.2, 0) is 6.18 Å². The standard InChI is InChI=1S/C17H19F3N4O.ClH/c1-10-14(16(25)22-9-15(21)11-5-6-11)8-23-24(10)13-4-2-3-12(7-13)17(18,19)20;/h2-4,7-8,11,15H,5-6,9,21H2,1H3,(H,22,25);1H. The monoisotopic (exact) mass is 388 g/mol. The maximum atomic E-state index is 12.9. The molecule has 0 spiro atoms. The van der Waals surface area contributed by atoms with E-state index in [1.54, 1.807) is 6.92 Å². The van der Waals surface area contributed by atoms with Crippen LogP contribution in [0, 0.1) is 12.8 Å². The first-order valence-corrected chi connectivity index (χ1v) is 8.03. The number of alkyl halides is 3. The minimum atomic E-state index is -4.43. The second-order valence-electron chi connectivity index (χ2n) is 6.31. The number of nitrogens with one attached hydrogen (secondary N) is 1. The van der Waals surface area contributed by atoms with E-state index in [-0.39, 0.29) is 30.0 Å². The van der Waals surface area contributed by atoms with Crippen molar-refractivity contribution in [2.24, 2.45) is 11.7 Å². The molecule has 1 amide bonds. The summed E-state index contributed by atoms with van der Waals surface area (Å²) < 4.78 is 39.9. The number of carbonyl (C=O) groups is 1. The molecular formula is C17H20ClF3N4O. The highest BCUT2D eigenvalue weighted by atomic mass is 35.5. The second kappa shape index (κ2) is 7.67. The fraction of sp³-hybridized carbons (Fsp3) is 0.412. The average molecular weight is 389 g/mol. The summed E-state index contributed by atoms with van der Waals surface area (Å²) in [5.74, 6) is 0.140. The molecule has 0 radical (unpaired) electrons. The number of rotatable bonds is 5.